The average molecular weight is 552 g/mol. The van der Waals surface area contributed by atoms with Crippen molar-refractivity contribution in [3.8, 4) is 0 Å². The number of hydrogen-bond acceptors (Lipinski definition) is 4. The van der Waals surface area contributed by atoms with Crippen LogP contribution in [0.4, 0.5) is 15.8 Å². The molecular weight excluding hydrogens is 517 g/mol. The first kappa shape index (κ1) is 28.1. The summed E-state index contributed by atoms with van der Waals surface area (Å²) in [5.41, 5.74) is 5.03. The molecule has 0 radical (unpaired) electrons. The Bertz CT molecular complexity index is 1440. The number of nitrogens with one attached hydrogen (secondary N) is 1. The van der Waals surface area contributed by atoms with E-state index in [0.29, 0.717) is 24.5 Å². The number of carbonyl (C=O) groups excluding carboxylic acids is 2. The van der Waals surface area contributed by atoms with Gasteiger partial charge in [-0.15, -0.1) is 0 Å². The SMILES string of the molecule is Cc1ccc([C@H](C(=O)Nc2ccc(N3CCOCC3)cc2)N(Cc2ccc(F)cc2)C(=O)Cc2ccccc2)cc1. The summed E-state index contributed by atoms with van der Waals surface area (Å²) in [5, 5.41) is 3.04. The molecule has 4 aromatic carbocycles. The van der Waals surface area contributed by atoms with Crippen molar-refractivity contribution in [2.24, 2.45) is 0 Å². The summed E-state index contributed by atoms with van der Waals surface area (Å²) in [4.78, 5) is 31.8. The van der Waals surface area contributed by atoms with Gasteiger partial charge in [-0.05, 0) is 60.0 Å². The van der Waals surface area contributed by atoms with Crippen molar-refractivity contribution < 1.29 is 18.7 Å². The Morgan fingerprint density at radius 2 is 1.51 bits per heavy atom. The quantitative estimate of drug-likeness (QED) is 0.281. The smallest absolute Gasteiger partial charge is 0.251 e. The fourth-order valence-corrected chi connectivity index (χ4v) is 4.99. The number of rotatable bonds is 9. The number of aryl methyl sites for hydroxylation is 1. The van der Waals surface area contributed by atoms with E-state index in [1.165, 1.54) is 12.1 Å². The van der Waals surface area contributed by atoms with E-state index >= 15 is 0 Å². The molecular formula is C34H34FN3O3. The predicted octanol–water partition coefficient (Wildman–Crippen LogP) is 5.92. The maximum Gasteiger partial charge on any atom is 0.251 e. The van der Waals surface area contributed by atoms with Gasteiger partial charge in [0.15, 0.2) is 0 Å². The van der Waals surface area contributed by atoms with Gasteiger partial charge in [-0.1, -0.05) is 72.3 Å². The van der Waals surface area contributed by atoms with Crippen LogP contribution in [-0.4, -0.2) is 43.0 Å². The van der Waals surface area contributed by atoms with Gasteiger partial charge in [0.2, 0.25) is 5.91 Å². The molecule has 1 saturated heterocycles. The Balaban J connectivity index is 1.45. The summed E-state index contributed by atoms with van der Waals surface area (Å²) in [7, 11) is 0. The topological polar surface area (TPSA) is 61.9 Å². The van der Waals surface area contributed by atoms with E-state index < -0.39 is 6.04 Å². The third kappa shape index (κ3) is 7.38. The van der Waals surface area contributed by atoms with Crippen LogP contribution in [0.3, 0.4) is 0 Å². The fourth-order valence-electron chi connectivity index (χ4n) is 4.99. The molecule has 1 fully saturated rings. The molecule has 6 nitrogen and oxygen atoms in total. The number of carbonyl (C=O) groups is 2. The summed E-state index contributed by atoms with van der Waals surface area (Å²) >= 11 is 0. The normalized spacial score (nSPS) is 13.9. The highest BCUT2D eigenvalue weighted by Crippen LogP contribution is 2.28. The highest BCUT2D eigenvalue weighted by molar-refractivity contribution is 5.98. The monoisotopic (exact) mass is 551 g/mol. The van der Waals surface area contributed by atoms with Crippen LogP contribution in [0, 0.1) is 12.7 Å². The van der Waals surface area contributed by atoms with E-state index in [-0.39, 0.29) is 30.6 Å². The number of benzene rings is 4. The summed E-state index contributed by atoms with van der Waals surface area (Å²) in [6.45, 7) is 5.15. The van der Waals surface area contributed by atoms with Crippen molar-refractivity contribution in [2.45, 2.75) is 25.9 Å². The molecule has 5 rings (SSSR count). The summed E-state index contributed by atoms with van der Waals surface area (Å²) < 4.78 is 19.1. The van der Waals surface area contributed by atoms with Crippen LogP contribution in [0.15, 0.2) is 103 Å². The molecule has 0 bridgehead atoms. The van der Waals surface area contributed by atoms with Crippen molar-refractivity contribution in [1.29, 1.82) is 0 Å². The van der Waals surface area contributed by atoms with Crippen molar-refractivity contribution >= 4 is 23.2 Å². The van der Waals surface area contributed by atoms with Gasteiger partial charge in [0.05, 0.1) is 19.6 Å². The molecule has 1 aliphatic rings. The van der Waals surface area contributed by atoms with Gasteiger partial charge in [0.1, 0.15) is 11.9 Å². The summed E-state index contributed by atoms with van der Waals surface area (Å²) in [6, 6.07) is 29.9. The van der Waals surface area contributed by atoms with Crippen LogP contribution in [0.1, 0.15) is 28.3 Å². The molecule has 0 saturated carbocycles. The first-order chi connectivity index (χ1) is 20.0. The van der Waals surface area contributed by atoms with Crippen LogP contribution in [0.5, 0.6) is 0 Å². The zero-order valence-corrected chi connectivity index (χ0v) is 23.1. The molecule has 7 heteroatoms. The van der Waals surface area contributed by atoms with E-state index in [2.05, 4.69) is 10.2 Å². The third-order valence-electron chi connectivity index (χ3n) is 7.25. The Labute approximate surface area is 240 Å². The third-order valence-corrected chi connectivity index (χ3v) is 7.25. The summed E-state index contributed by atoms with van der Waals surface area (Å²) in [6.07, 6.45) is 0.131. The zero-order chi connectivity index (χ0) is 28.6. The number of halogens is 1. The maximum absolute atomic E-state index is 14.0. The molecule has 1 heterocycles. The first-order valence-corrected chi connectivity index (χ1v) is 13.8. The molecule has 1 aliphatic heterocycles. The van der Waals surface area contributed by atoms with E-state index in [0.717, 1.165) is 35.5 Å². The van der Waals surface area contributed by atoms with Crippen LogP contribution in [-0.2, 0) is 27.3 Å². The van der Waals surface area contributed by atoms with Crippen LogP contribution in [0.25, 0.3) is 0 Å². The summed E-state index contributed by atoms with van der Waals surface area (Å²) in [5.74, 6) is -0.885. The number of hydrogen-bond donors (Lipinski definition) is 1. The molecule has 41 heavy (non-hydrogen) atoms. The van der Waals surface area contributed by atoms with Gasteiger partial charge in [-0.25, -0.2) is 4.39 Å². The Morgan fingerprint density at radius 3 is 2.17 bits per heavy atom. The van der Waals surface area contributed by atoms with Crippen LogP contribution in [0.2, 0.25) is 0 Å². The number of amides is 2. The molecule has 1 N–H and O–H groups in total. The highest BCUT2D eigenvalue weighted by Gasteiger charge is 2.32. The van der Waals surface area contributed by atoms with Crippen LogP contribution >= 0.6 is 0 Å². The minimum Gasteiger partial charge on any atom is -0.378 e. The molecule has 0 aliphatic carbocycles. The lowest BCUT2D eigenvalue weighted by atomic mass is 10.00. The van der Waals surface area contributed by atoms with Gasteiger partial charge in [-0.2, -0.15) is 0 Å². The zero-order valence-electron chi connectivity index (χ0n) is 23.1. The number of anilines is 2. The lowest BCUT2D eigenvalue weighted by Crippen LogP contribution is -2.41. The van der Waals surface area contributed by atoms with E-state index in [9.17, 15) is 14.0 Å². The Morgan fingerprint density at radius 1 is 0.854 bits per heavy atom. The molecule has 1 atom stereocenters. The fraction of sp³-hybridized carbons (Fsp3) is 0.235. The second-order valence-corrected chi connectivity index (χ2v) is 10.3. The highest BCUT2D eigenvalue weighted by atomic mass is 19.1. The van der Waals surface area contributed by atoms with E-state index in [4.69, 9.17) is 4.74 Å². The predicted molar refractivity (Wildman–Crippen MR) is 159 cm³/mol. The molecule has 210 valence electrons. The molecule has 4 aromatic rings. The number of ether oxygens (including phenoxy) is 1. The van der Waals surface area contributed by atoms with Gasteiger partial charge in [0, 0.05) is 31.0 Å². The van der Waals surface area contributed by atoms with E-state index in [1.54, 1.807) is 17.0 Å². The Hall–Kier alpha value is -4.49. The minimum absolute atomic E-state index is 0.131. The van der Waals surface area contributed by atoms with Gasteiger partial charge in [-0.3, -0.25) is 9.59 Å². The number of nitrogens with zero attached hydrogens (tertiary/aromatic N) is 2. The second-order valence-electron chi connectivity index (χ2n) is 10.3. The lowest BCUT2D eigenvalue weighted by Gasteiger charge is -2.32. The lowest BCUT2D eigenvalue weighted by molar-refractivity contribution is -0.139. The molecule has 0 spiro atoms. The largest absolute Gasteiger partial charge is 0.378 e. The maximum atomic E-state index is 14.0. The van der Waals surface area contributed by atoms with Crippen molar-refractivity contribution in [2.75, 3.05) is 36.5 Å². The minimum atomic E-state index is -0.907. The van der Waals surface area contributed by atoms with Gasteiger partial charge in [0.25, 0.3) is 5.91 Å². The van der Waals surface area contributed by atoms with Crippen LogP contribution < -0.4 is 10.2 Å². The molecule has 2 amide bonds. The van der Waals surface area contributed by atoms with E-state index in [1.807, 2.05) is 85.8 Å². The van der Waals surface area contributed by atoms with Gasteiger partial charge >= 0.3 is 0 Å². The average Bonchev–Trinajstić information content (AvgIpc) is 3.00. The molecule has 0 unspecified atom stereocenters. The standard InChI is InChI=1S/C34H34FN3O3/c1-25-7-11-28(12-8-25)33(34(40)36-30-15-17-31(18-16-30)37-19-21-41-22-20-37)38(24-27-9-13-29(35)14-10-27)32(39)23-26-5-3-2-4-6-26/h2-18,33H,19-24H2,1H3,(H,36,40)/t33-/m1/s1. The molecule has 0 aromatic heterocycles. The second kappa shape index (κ2) is 13.2. The van der Waals surface area contributed by atoms with Crippen molar-refractivity contribution in [1.82, 2.24) is 4.90 Å². The Kier molecular flexibility index (Phi) is 9.06. The van der Waals surface area contributed by atoms with Crippen molar-refractivity contribution in [3.63, 3.8) is 0 Å². The number of morpholine rings is 1. The van der Waals surface area contributed by atoms with Crippen molar-refractivity contribution in [3.05, 3.63) is 131 Å². The van der Waals surface area contributed by atoms with Gasteiger partial charge < -0.3 is 19.9 Å². The first-order valence-electron chi connectivity index (χ1n) is 13.8.